The maximum Gasteiger partial charge on any atom is 0.253 e. The van der Waals surface area contributed by atoms with Crippen molar-refractivity contribution in [2.75, 3.05) is 33.3 Å². The number of hydrogen-bond donors (Lipinski definition) is 0. The molecule has 156 valence electrons. The third-order valence-electron chi connectivity index (χ3n) is 5.04. The van der Waals surface area contributed by atoms with Crippen LogP contribution in [0.25, 0.3) is 5.69 Å². The molecule has 3 aromatic rings. The predicted molar refractivity (Wildman–Crippen MR) is 103 cm³/mol. The fourth-order valence-corrected chi connectivity index (χ4v) is 3.35. The number of amides is 1. The van der Waals surface area contributed by atoms with Crippen LogP contribution in [-0.2, 0) is 6.54 Å². The molecule has 0 radical (unpaired) electrons. The van der Waals surface area contributed by atoms with Crippen molar-refractivity contribution in [3.63, 3.8) is 0 Å². The maximum absolute atomic E-state index is 13.6. The van der Waals surface area contributed by atoms with Gasteiger partial charge in [-0.1, -0.05) is 0 Å². The molecule has 1 aliphatic rings. The number of piperazine rings is 1. The molecular formula is C20H20F2N6O2. The van der Waals surface area contributed by atoms with E-state index in [2.05, 4.69) is 20.4 Å². The number of aromatic nitrogens is 4. The number of rotatable bonds is 5. The van der Waals surface area contributed by atoms with Crippen LogP contribution < -0.4 is 4.74 Å². The molecule has 4 rings (SSSR count). The minimum absolute atomic E-state index is 0.0241. The van der Waals surface area contributed by atoms with Gasteiger partial charge in [0.1, 0.15) is 5.75 Å². The fraction of sp³-hybridized carbons (Fsp3) is 0.300. The van der Waals surface area contributed by atoms with Gasteiger partial charge in [-0.25, -0.2) is 8.78 Å². The Morgan fingerprint density at radius 1 is 1.03 bits per heavy atom. The third kappa shape index (κ3) is 4.13. The molecule has 0 N–H and O–H groups in total. The van der Waals surface area contributed by atoms with Crippen LogP contribution in [0.3, 0.4) is 0 Å². The first-order chi connectivity index (χ1) is 14.5. The molecule has 1 saturated heterocycles. The van der Waals surface area contributed by atoms with E-state index in [1.165, 1.54) is 10.7 Å². The zero-order chi connectivity index (χ0) is 21.1. The summed E-state index contributed by atoms with van der Waals surface area (Å²) in [5.74, 6) is -0.694. The highest BCUT2D eigenvalue weighted by atomic mass is 19.2. The number of hydrogen-bond acceptors (Lipinski definition) is 6. The molecule has 1 fully saturated rings. The fourth-order valence-electron chi connectivity index (χ4n) is 3.35. The summed E-state index contributed by atoms with van der Waals surface area (Å²) in [5, 5.41) is 11.6. The molecule has 0 unspecified atom stereocenters. The zero-order valence-electron chi connectivity index (χ0n) is 16.3. The molecule has 1 amide bonds. The minimum atomic E-state index is -0.959. The molecule has 2 aromatic carbocycles. The second-order valence-corrected chi connectivity index (χ2v) is 6.90. The lowest BCUT2D eigenvalue weighted by Gasteiger charge is -2.34. The maximum atomic E-state index is 13.6. The molecular weight excluding hydrogens is 394 g/mol. The second kappa shape index (κ2) is 8.54. The summed E-state index contributed by atoms with van der Waals surface area (Å²) in [4.78, 5) is 16.6. The lowest BCUT2D eigenvalue weighted by molar-refractivity contribution is 0.0624. The van der Waals surface area contributed by atoms with Crippen molar-refractivity contribution in [2.45, 2.75) is 6.54 Å². The van der Waals surface area contributed by atoms with E-state index in [1.54, 1.807) is 36.3 Å². The number of carbonyl (C=O) groups excluding carboxylic acids is 1. The van der Waals surface area contributed by atoms with E-state index < -0.39 is 11.6 Å². The summed E-state index contributed by atoms with van der Waals surface area (Å²) < 4.78 is 33.3. The molecule has 0 spiro atoms. The van der Waals surface area contributed by atoms with Gasteiger partial charge in [0.05, 0.1) is 19.3 Å². The first-order valence-corrected chi connectivity index (χ1v) is 9.43. The Hall–Kier alpha value is -3.40. The Labute approximate surface area is 171 Å². The highest BCUT2D eigenvalue weighted by molar-refractivity contribution is 5.94. The van der Waals surface area contributed by atoms with Crippen molar-refractivity contribution in [1.29, 1.82) is 0 Å². The first-order valence-electron chi connectivity index (χ1n) is 9.43. The number of carbonyl (C=O) groups is 1. The molecule has 0 saturated carbocycles. The monoisotopic (exact) mass is 414 g/mol. The first kappa shape index (κ1) is 19.9. The number of benzene rings is 2. The standard InChI is InChI=1S/C20H20F2N6O2/c1-30-16-5-2-14(3-6-16)20(29)27-10-8-26(9-11-27)13-19-23-24-25-28(19)15-4-7-17(21)18(22)12-15/h2-7,12H,8-11,13H2,1H3. The van der Waals surface area contributed by atoms with Crippen molar-refractivity contribution >= 4 is 5.91 Å². The Kier molecular flexibility index (Phi) is 5.66. The average Bonchev–Trinajstić information content (AvgIpc) is 3.24. The minimum Gasteiger partial charge on any atom is -0.497 e. The van der Waals surface area contributed by atoms with Gasteiger partial charge in [0.25, 0.3) is 5.91 Å². The van der Waals surface area contributed by atoms with Gasteiger partial charge in [-0.15, -0.1) is 5.10 Å². The number of nitrogens with zero attached hydrogens (tertiary/aromatic N) is 6. The Morgan fingerprint density at radius 3 is 2.43 bits per heavy atom. The van der Waals surface area contributed by atoms with Crippen LogP contribution in [-0.4, -0.2) is 69.2 Å². The van der Waals surface area contributed by atoms with E-state index in [-0.39, 0.29) is 5.91 Å². The summed E-state index contributed by atoms with van der Waals surface area (Å²) in [6, 6.07) is 10.6. The largest absolute Gasteiger partial charge is 0.497 e. The van der Waals surface area contributed by atoms with Gasteiger partial charge >= 0.3 is 0 Å². The second-order valence-electron chi connectivity index (χ2n) is 6.90. The smallest absolute Gasteiger partial charge is 0.253 e. The van der Waals surface area contributed by atoms with Gasteiger partial charge in [-0.3, -0.25) is 9.69 Å². The van der Waals surface area contributed by atoms with Crippen LogP contribution in [0.15, 0.2) is 42.5 Å². The Bertz CT molecular complexity index is 1030. The highest BCUT2D eigenvalue weighted by Crippen LogP contribution is 2.17. The Morgan fingerprint density at radius 2 is 1.77 bits per heavy atom. The van der Waals surface area contributed by atoms with Crippen LogP contribution in [0.4, 0.5) is 8.78 Å². The van der Waals surface area contributed by atoms with Crippen LogP contribution in [0.1, 0.15) is 16.2 Å². The lowest BCUT2D eigenvalue weighted by Crippen LogP contribution is -2.48. The van der Waals surface area contributed by atoms with Crippen molar-refractivity contribution in [3.8, 4) is 11.4 Å². The summed E-state index contributed by atoms with van der Waals surface area (Å²) in [6.45, 7) is 2.85. The summed E-state index contributed by atoms with van der Waals surface area (Å²) in [7, 11) is 1.58. The van der Waals surface area contributed by atoms with E-state index >= 15 is 0 Å². The third-order valence-corrected chi connectivity index (χ3v) is 5.04. The highest BCUT2D eigenvalue weighted by Gasteiger charge is 2.24. The van der Waals surface area contributed by atoms with Gasteiger partial charge in [0.15, 0.2) is 17.5 Å². The molecule has 30 heavy (non-hydrogen) atoms. The molecule has 1 aromatic heterocycles. The molecule has 2 heterocycles. The van der Waals surface area contributed by atoms with Crippen LogP contribution in [0.2, 0.25) is 0 Å². The van der Waals surface area contributed by atoms with E-state index in [1.807, 2.05) is 0 Å². The van der Waals surface area contributed by atoms with Crippen molar-refractivity contribution < 1.29 is 18.3 Å². The number of tetrazole rings is 1. The quantitative estimate of drug-likeness (QED) is 0.635. The van der Waals surface area contributed by atoms with Gasteiger partial charge in [0, 0.05) is 37.8 Å². The molecule has 8 nitrogen and oxygen atoms in total. The molecule has 1 aliphatic heterocycles. The molecule has 0 aliphatic carbocycles. The molecule has 10 heteroatoms. The average molecular weight is 414 g/mol. The predicted octanol–water partition coefficient (Wildman–Crippen LogP) is 1.91. The zero-order valence-corrected chi connectivity index (χ0v) is 16.3. The van der Waals surface area contributed by atoms with Crippen molar-refractivity contribution in [1.82, 2.24) is 30.0 Å². The molecule has 0 atom stereocenters. The number of methoxy groups -OCH3 is 1. The number of halogens is 2. The summed E-state index contributed by atoms with van der Waals surface area (Å²) >= 11 is 0. The van der Waals surface area contributed by atoms with Crippen molar-refractivity contribution in [2.24, 2.45) is 0 Å². The normalized spacial score (nSPS) is 14.7. The van der Waals surface area contributed by atoms with Crippen LogP contribution in [0, 0.1) is 11.6 Å². The van der Waals surface area contributed by atoms with Crippen LogP contribution >= 0.6 is 0 Å². The van der Waals surface area contributed by atoms with Gasteiger partial charge in [-0.05, 0) is 46.8 Å². The van der Waals surface area contributed by atoms with E-state index in [9.17, 15) is 13.6 Å². The SMILES string of the molecule is COc1ccc(C(=O)N2CCN(Cc3nnnn3-c3ccc(F)c(F)c3)CC2)cc1. The van der Waals surface area contributed by atoms with Crippen LogP contribution in [0.5, 0.6) is 5.75 Å². The van der Waals surface area contributed by atoms with Gasteiger partial charge in [0.2, 0.25) is 0 Å². The van der Waals surface area contributed by atoms with E-state index in [4.69, 9.17) is 4.74 Å². The summed E-state index contributed by atoms with van der Waals surface area (Å²) in [5.41, 5.74) is 0.966. The topological polar surface area (TPSA) is 76.4 Å². The van der Waals surface area contributed by atoms with Crippen molar-refractivity contribution in [3.05, 3.63) is 65.5 Å². The van der Waals surface area contributed by atoms with Gasteiger partial charge < -0.3 is 9.64 Å². The summed E-state index contributed by atoms with van der Waals surface area (Å²) in [6.07, 6.45) is 0. The number of ether oxygens (including phenoxy) is 1. The Balaban J connectivity index is 1.38. The molecule has 0 bridgehead atoms. The van der Waals surface area contributed by atoms with E-state index in [0.717, 1.165) is 12.1 Å². The van der Waals surface area contributed by atoms with E-state index in [0.29, 0.717) is 55.5 Å². The lowest BCUT2D eigenvalue weighted by atomic mass is 10.1. The van der Waals surface area contributed by atoms with Gasteiger partial charge in [-0.2, -0.15) is 4.68 Å².